The molecular formula is C7H13ClN2O. The SMILES string of the molecule is CCCn1ccnc1CO.Cl. The molecule has 1 heterocycles. The number of rotatable bonds is 3. The molecule has 0 unspecified atom stereocenters. The maximum absolute atomic E-state index is 8.75. The first-order valence-electron chi connectivity index (χ1n) is 3.49. The van der Waals surface area contributed by atoms with Crippen LogP contribution in [0.2, 0.25) is 0 Å². The number of aryl methyl sites for hydroxylation is 1. The highest BCUT2D eigenvalue weighted by atomic mass is 35.5. The molecule has 0 aromatic carbocycles. The van der Waals surface area contributed by atoms with Crippen LogP contribution in [-0.4, -0.2) is 14.7 Å². The fourth-order valence-corrected chi connectivity index (χ4v) is 0.936. The maximum Gasteiger partial charge on any atom is 0.134 e. The van der Waals surface area contributed by atoms with Gasteiger partial charge in [0.25, 0.3) is 0 Å². The first-order chi connectivity index (χ1) is 4.88. The Labute approximate surface area is 72.5 Å². The van der Waals surface area contributed by atoms with Crippen molar-refractivity contribution in [3.63, 3.8) is 0 Å². The van der Waals surface area contributed by atoms with E-state index >= 15 is 0 Å². The minimum Gasteiger partial charge on any atom is -0.388 e. The molecule has 11 heavy (non-hydrogen) atoms. The molecule has 0 fully saturated rings. The van der Waals surface area contributed by atoms with Crippen LogP contribution in [0.4, 0.5) is 0 Å². The summed E-state index contributed by atoms with van der Waals surface area (Å²) in [4.78, 5) is 3.97. The number of hydrogen-bond acceptors (Lipinski definition) is 2. The Kier molecular flexibility index (Phi) is 4.90. The third kappa shape index (κ3) is 2.52. The van der Waals surface area contributed by atoms with Gasteiger partial charge in [-0.2, -0.15) is 0 Å². The predicted molar refractivity (Wildman–Crippen MR) is 45.7 cm³/mol. The minimum atomic E-state index is 0. The lowest BCUT2D eigenvalue weighted by molar-refractivity contribution is 0.265. The highest BCUT2D eigenvalue weighted by Crippen LogP contribution is 1.97. The molecule has 1 N–H and O–H groups in total. The quantitative estimate of drug-likeness (QED) is 0.752. The number of hydrogen-bond donors (Lipinski definition) is 1. The smallest absolute Gasteiger partial charge is 0.134 e. The second-order valence-corrected chi connectivity index (χ2v) is 2.19. The third-order valence-electron chi connectivity index (χ3n) is 1.41. The molecular weight excluding hydrogens is 164 g/mol. The van der Waals surface area contributed by atoms with Crippen molar-refractivity contribution in [2.24, 2.45) is 0 Å². The van der Waals surface area contributed by atoms with Gasteiger partial charge in [-0.25, -0.2) is 4.98 Å². The molecule has 0 radical (unpaired) electrons. The Morgan fingerprint density at radius 3 is 2.91 bits per heavy atom. The normalized spacial score (nSPS) is 9.27. The Balaban J connectivity index is 0.000001000. The van der Waals surface area contributed by atoms with Crippen LogP contribution in [0.5, 0.6) is 0 Å². The lowest BCUT2D eigenvalue weighted by Gasteiger charge is -2.01. The van der Waals surface area contributed by atoms with Crippen LogP contribution in [-0.2, 0) is 13.2 Å². The minimum absolute atomic E-state index is 0. The van der Waals surface area contributed by atoms with Gasteiger partial charge >= 0.3 is 0 Å². The van der Waals surface area contributed by atoms with E-state index in [0.29, 0.717) is 0 Å². The zero-order valence-corrected chi connectivity index (χ0v) is 7.34. The third-order valence-corrected chi connectivity index (χ3v) is 1.41. The summed E-state index contributed by atoms with van der Waals surface area (Å²) >= 11 is 0. The number of nitrogens with zero attached hydrogens (tertiary/aromatic N) is 2. The summed E-state index contributed by atoms with van der Waals surface area (Å²) in [6, 6.07) is 0. The molecule has 0 aliphatic carbocycles. The zero-order valence-electron chi connectivity index (χ0n) is 6.53. The van der Waals surface area contributed by atoms with Crippen molar-refractivity contribution >= 4 is 12.4 Å². The molecule has 1 aromatic rings. The van der Waals surface area contributed by atoms with Crippen LogP contribution in [0.25, 0.3) is 0 Å². The molecule has 4 heteroatoms. The molecule has 0 saturated carbocycles. The molecule has 1 aromatic heterocycles. The van der Waals surface area contributed by atoms with Gasteiger partial charge in [-0.3, -0.25) is 0 Å². The lowest BCUT2D eigenvalue weighted by Crippen LogP contribution is -2.01. The molecule has 1 rings (SSSR count). The van der Waals surface area contributed by atoms with Crippen molar-refractivity contribution in [1.82, 2.24) is 9.55 Å². The van der Waals surface area contributed by atoms with Crippen molar-refractivity contribution in [3.05, 3.63) is 18.2 Å². The number of aliphatic hydroxyl groups is 1. The number of aromatic nitrogens is 2. The van der Waals surface area contributed by atoms with E-state index in [1.165, 1.54) is 0 Å². The van der Waals surface area contributed by atoms with E-state index in [-0.39, 0.29) is 19.0 Å². The van der Waals surface area contributed by atoms with Gasteiger partial charge in [-0.1, -0.05) is 6.92 Å². The molecule has 0 saturated heterocycles. The van der Waals surface area contributed by atoms with E-state index in [1.807, 2.05) is 10.8 Å². The van der Waals surface area contributed by atoms with Crippen molar-refractivity contribution in [2.45, 2.75) is 26.5 Å². The van der Waals surface area contributed by atoms with Gasteiger partial charge in [-0.05, 0) is 6.42 Å². The molecule has 0 aliphatic heterocycles. The predicted octanol–water partition coefficient (Wildman–Crippen LogP) is 1.21. The first kappa shape index (κ1) is 10.5. The number of halogens is 1. The van der Waals surface area contributed by atoms with Crippen LogP contribution < -0.4 is 0 Å². The second kappa shape index (κ2) is 5.16. The fraction of sp³-hybridized carbons (Fsp3) is 0.571. The Morgan fingerprint density at radius 2 is 2.36 bits per heavy atom. The summed E-state index contributed by atoms with van der Waals surface area (Å²) in [5.41, 5.74) is 0. The summed E-state index contributed by atoms with van der Waals surface area (Å²) < 4.78 is 1.96. The van der Waals surface area contributed by atoms with Gasteiger partial charge in [0.1, 0.15) is 12.4 Å². The Hall–Kier alpha value is -0.540. The van der Waals surface area contributed by atoms with Crippen molar-refractivity contribution < 1.29 is 5.11 Å². The van der Waals surface area contributed by atoms with Crippen molar-refractivity contribution in [2.75, 3.05) is 0 Å². The molecule has 0 amide bonds. The molecule has 0 spiro atoms. The van der Waals surface area contributed by atoms with E-state index in [4.69, 9.17) is 5.11 Å². The summed E-state index contributed by atoms with van der Waals surface area (Å²) in [5, 5.41) is 8.75. The number of imidazole rings is 1. The summed E-state index contributed by atoms with van der Waals surface area (Å²) in [7, 11) is 0. The van der Waals surface area contributed by atoms with E-state index in [9.17, 15) is 0 Å². The summed E-state index contributed by atoms with van der Waals surface area (Å²) in [6.07, 6.45) is 4.67. The van der Waals surface area contributed by atoms with Gasteiger partial charge in [0.15, 0.2) is 0 Å². The average Bonchev–Trinajstić information content (AvgIpc) is 2.36. The monoisotopic (exact) mass is 176 g/mol. The van der Waals surface area contributed by atoms with Gasteiger partial charge in [0.05, 0.1) is 0 Å². The van der Waals surface area contributed by atoms with Crippen molar-refractivity contribution in [1.29, 1.82) is 0 Å². The maximum atomic E-state index is 8.75. The highest BCUT2D eigenvalue weighted by molar-refractivity contribution is 5.85. The first-order valence-corrected chi connectivity index (χ1v) is 3.49. The molecule has 0 aliphatic rings. The largest absolute Gasteiger partial charge is 0.388 e. The lowest BCUT2D eigenvalue weighted by atomic mass is 10.4. The van der Waals surface area contributed by atoms with E-state index < -0.39 is 0 Å². The van der Waals surface area contributed by atoms with Crippen LogP contribution in [0.1, 0.15) is 19.2 Å². The van der Waals surface area contributed by atoms with Crippen LogP contribution in [0.3, 0.4) is 0 Å². The van der Waals surface area contributed by atoms with Gasteiger partial charge in [0, 0.05) is 18.9 Å². The van der Waals surface area contributed by atoms with E-state index in [2.05, 4.69) is 11.9 Å². The fourth-order valence-electron chi connectivity index (χ4n) is 0.936. The average molecular weight is 177 g/mol. The highest BCUT2D eigenvalue weighted by Gasteiger charge is 1.97. The number of aliphatic hydroxyl groups excluding tert-OH is 1. The van der Waals surface area contributed by atoms with E-state index in [1.54, 1.807) is 6.20 Å². The second-order valence-electron chi connectivity index (χ2n) is 2.19. The molecule has 64 valence electrons. The Morgan fingerprint density at radius 1 is 1.64 bits per heavy atom. The van der Waals surface area contributed by atoms with E-state index in [0.717, 1.165) is 18.8 Å². The van der Waals surface area contributed by atoms with Crippen LogP contribution in [0, 0.1) is 0 Å². The molecule has 0 bridgehead atoms. The van der Waals surface area contributed by atoms with Crippen LogP contribution in [0.15, 0.2) is 12.4 Å². The standard InChI is InChI=1S/C7H12N2O.ClH/c1-2-4-9-5-3-8-7(9)6-10;/h3,5,10H,2,4,6H2,1H3;1H. The topological polar surface area (TPSA) is 38.0 Å². The Bertz CT molecular complexity index is 200. The molecule has 0 atom stereocenters. The van der Waals surface area contributed by atoms with Gasteiger partial charge in [-0.15, -0.1) is 12.4 Å². The summed E-state index contributed by atoms with van der Waals surface area (Å²) in [5.74, 6) is 0.752. The zero-order chi connectivity index (χ0) is 7.40. The van der Waals surface area contributed by atoms with Crippen molar-refractivity contribution in [3.8, 4) is 0 Å². The van der Waals surface area contributed by atoms with Gasteiger partial charge in [0.2, 0.25) is 0 Å². The van der Waals surface area contributed by atoms with Crippen LogP contribution >= 0.6 is 12.4 Å². The van der Waals surface area contributed by atoms with Gasteiger partial charge < -0.3 is 9.67 Å². The molecule has 3 nitrogen and oxygen atoms in total. The summed E-state index contributed by atoms with van der Waals surface area (Å²) in [6.45, 7) is 3.07.